The van der Waals surface area contributed by atoms with Crippen LogP contribution in [-0.2, 0) is 15.7 Å². The fourth-order valence-corrected chi connectivity index (χ4v) is 1.48. The lowest BCUT2D eigenvalue weighted by molar-refractivity contribution is -0.138. The van der Waals surface area contributed by atoms with Gasteiger partial charge in [0, 0.05) is 9.93 Å². The molecular formula is C11H7ClF3N3O2. The molecule has 0 amide bonds. The van der Waals surface area contributed by atoms with Crippen molar-refractivity contribution in [1.29, 1.82) is 0 Å². The van der Waals surface area contributed by atoms with Gasteiger partial charge in [-0.1, -0.05) is 22.8 Å². The van der Waals surface area contributed by atoms with Gasteiger partial charge in [-0.05, 0) is 29.3 Å². The molecule has 0 radical (unpaired) electrons. The third-order valence-electron chi connectivity index (χ3n) is 2.17. The fourth-order valence-electron chi connectivity index (χ4n) is 1.25. The van der Waals surface area contributed by atoms with Crippen LogP contribution in [0.4, 0.5) is 13.2 Å². The van der Waals surface area contributed by atoms with Crippen LogP contribution < -0.4 is 0 Å². The van der Waals surface area contributed by atoms with Crippen LogP contribution in [0.15, 0.2) is 29.0 Å². The number of azide groups is 1. The van der Waals surface area contributed by atoms with Gasteiger partial charge in [0.25, 0.3) is 0 Å². The van der Waals surface area contributed by atoms with Crippen molar-refractivity contribution in [2.45, 2.75) is 6.18 Å². The summed E-state index contributed by atoms with van der Waals surface area (Å²) >= 11 is 5.70. The molecule has 0 unspecified atom stereocenters. The molecule has 0 aliphatic rings. The summed E-state index contributed by atoms with van der Waals surface area (Å²) in [4.78, 5) is 13.7. The van der Waals surface area contributed by atoms with Crippen molar-refractivity contribution in [2.75, 3.05) is 7.11 Å². The first-order valence-corrected chi connectivity index (χ1v) is 5.39. The second-order valence-electron chi connectivity index (χ2n) is 3.44. The van der Waals surface area contributed by atoms with Crippen molar-refractivity contribution in [1.82, 2.24) is 0 Å². The summed E-state index contributed by atoms with van der Waals surface area (Å²) in [6, 6.07) is 2.56. The van der Waals surface area contributed by atoms with E-state index in [1.165, 1.54) is 0 Å². The Morgan fingerprint density at radius 2 is 2.15 bits per heavy atom. The molecule has 106 valence electrons. The summed E-state index contributed by atoms with van der Waals surface area (Å²) in [6.45, 7) is 0. The van der Waals surface area contributed by atoms with E-state index in [2.05, 4.69) is 14.8 Å². The van der Waals surface area contributed by atoms with Crippen molar-refractivity contribution in [3.8, 4) is 0 Å². The topological polar surface area (TPSA) is 75.1 Å². The highest BCUT2D eigenvalue weighted by Crippen LogP contribution is 2.32. The molecule has 0 aliphatic heterocycles. The summed E-state index contributed by atoms with van der Waals surface area (Å²) in [6.07, 6.45) is -3.49. The molecule has 0 saturated carbocycles. The van der Waals surface area contributed by atoms with E-state index in [-0.39, 0.29) is 10.6 Å². The predicted octanol–water partition coefficient (Wildman–Crippen LogP) is 4.18. The van der Waals surface area contributed by atoms with Crippen molar-refractivity contribution in [3.63, 3.8) is 0 Å². The second kappa shape index (κ2) is 6.31. The molecule has 5 nitrogen and oxygen atoms in total. The molecule has 1 rings (SSSR count). The van der Waals surface area contributed by atoms with Crippen molar-refractivity contribution >= 4 is 23.6 Å². The number of carbonyl (C=O) groups is 1. The summed E-state index contributed by atoms with van der Waals surface area (Å²) in [5.74, 6) is -0.932. The number of hydrogen-bond donors (Lipinski definition) is 0. The highest BCUT2D eigenvalue weighted by atomic mass is 35.5. The summed E-state index contributed by atoms with van der Waals surface area (Å²) in [5, 5.41) is 2.85. The van der Waals surface area contributed by atoms with Crippen molar-refractivity contribution in [3.05, 3.63) is 50.5 Å². The van der Waals surface area contributed by atoms with Crippen LogP contribution >= 0.6 is 11.6 Å². The zero-order chi connectivity index (χ0) is 15.3. The van der Waals surface area contributed by atoms with Crippen LogP contribution in [0.5, 0.6) is 0 Å². The minimum atomic E-state index is -4.53. The molecule has 20 heavy (non-hydrogen) atoms. The zero-order valence-electron chi connectivity index (χ0n) is 9.98. The first-order valence-electron chi connectivity index (χ1n) is 5.01. The number of ether oxygens (including phenoxy) is 1. The van der Waals surface area contributed by atoms with E-state index in [0.717, 1.165) is 25.3 Å². The van der Waals surface area contributed by atoms with Gasteiger partial charge in [-0.2, -0.15) is 13.2 Å². The summed E-state index contributed by atoms with van der Waals surface area (Å²) in [5.41, 5.74) is 7.05. The van der Waals surface area contributed by atoms with Gasteiger partial charge in [-0.25, -0.2) is 4.79 Å². The van der Waals surface area contributed by atoms with Crippen LogP contribution in [-0.4, -0.2) is 13.1 Å². The van der Waals surface area contributed by atoms with Gasteiger partial charge in [0.1, 0.15) is 5.70 Å². The number of methoxy groups -OCH3 is 1. The maximum atomic E-state index is 12.5. The van der Waals surface area contributed by atoms with E-state index < -0.39 is 23.4 Å². The zero-order valence-corrected chi connectivity index (χ0v) is 10.7. The molecule has 1 aromatic carbocycles. The minimum Gasteiger partial charge on any atom is -0.466 e. The van der Waals surface area contributed by atoms with Gasteiger partial charge in [0.2, 0.25) is 0 Å². The number of rotatable bonds is 3. The quantitative estimate of drug-likeness (QED) is 0.276. The Hall–Kier alpha value is -2.18. The lowest BCUT2D eigenvalue weighted by atomic mass is 10.1. The molecule has 0 atom stereocenters. The Labute approximate surface area is 116 Å². The Morgan fingerprint density at radius 3 is 2.60 bits per heavy atom. The second-order valence-corrected chi connectivity index (χ2v) is 3.85. The van der Waals surface area contributed by atoms with E-state index in [0.29, 0.717) is 6.07 Å². The van der Waals surface area contributed by atoms with Gasteiger partial charge in [0.15, 0.2) is 0 Å². The largest absolute Gasteiger partial charge is 0.466 e. The van der Waals surface area contributed by atoms with E-state index >= 15 is 0 Å². The molecule has 1 aromatic rings. The molecule has 0 N–H and O–H groups in total. The lowest BCUT2D eigenvalue weighted by Gasteiger charge is -2.08. The molecule has 0 aliphatic carbocycles. The van der Waals surface area contributed by atoms with Crippen LogP contribution in [0.3, 0.4) is 0 Å². The Kier molecular flexibility index (Phi) is 5.01. The van der Waals surface area contributed by atoms with E-state index in [9.17, 15) is 18.0 Å². The maximum absolute atomic E-state index is 12.5. The molecular weight excluding hydrogens is 299 g/mol. The third kappa shape index (κ3) is 3.91. The molecule has 0 heterocycles. The number of nitrogens with zero attached hydrogens (tertiary/aromatic N) is 3. The van der Waals surface area contributed by atoms with Crippen LogP contribution in [0, 0.1) is 0 Å². The summed E-state index contributed by atoms with van der Waals surface area (Å²) in [7, 11) is 1.07. The van der Waals surface area contributed by atoms with E-state index in [1.54, 1.807) is 0 Å². The normalized spacial score (nSPS) is 11.8. The van der Waals surface area contributed by atoms with E-state index in [1.807, 2.05) is 0 Å². The van der Waals surface area contributed by atoms with Crippen LogP contribution in [0.2, 0.25) is 5.02 Å². The third-order valence-corrected chi connectivity index (χ3v) is 2.49. The highest BCUT2D eigenvalue weighted by molar-refractivity contribution is 6.32. The van der Waals surface area contributed by atoms with Gasteiger partial charge in [-0.3, -0.25) is 0 Å². The number of carbonyl (C=O) groups excluding carboxylic acids is 1. The molecule has 0 bridgehead atoms. The lowest BCUT2D eigenvalue weighted by Crippen LogP contribution is -2.05. The first kappa shape index (κ1) is 15.9. The molecule has 9 heteroatoms. The monoisotopic (exact) mass is 305 g/mol. The van der Waals surface area contributed by atoms with Crippen LogP contribution in [0.1, 0.15) is 11.1 Å². The average molecular weight is 306 g/mol. The van der Waals surface area contributed by atoms with Crippen LogP contribution in [0.25, 0.3) is 16.5 Å². The van der Waals surface area contributed by atoms with Gasteiger partial charge < -0.3 is 4.74 Å². The molecule has 0 spiro atoms. The predicted molar refractivity (Wildman–Crippen MR) is 65.6 cm³/mol. The Bertz CT molecular complexity index is 607. The van der Waals surface area contributed by atoms with Gasteiger partial charge in [0.05, 0.1) is 12.7 Å². The Balaban J connectivity index is 3.27. The smallest absolute Gasteiger partial charge is 0.416 e. The number of hydrogen-bond acceptors (Lipinski definition) is 3. The van der Waals surface area contributed by atoms with E-state index in [4.69, 9.17) is 17.1 Å². The van der Waals surface area contributed by atoms with Crippen molar-refractivity contribution < 1.29 is 22.7 Å². The van der Waals surface area contributed by atoms with Crippen molar-refractivity contribution in [2.24, 2.45) is 5.11 Å². The number of alkyl halides is 3. The molecule has 0 fully saturated rings. The maximum Gasteiger partial charge on any atom is 0.416 e. The SMILES string of the molecule is COC(=O)C(=Cc1ccc(C(F)(F)F)cc1Cl)N=[N+]=[N-]. The molecule has 0 saturated heterocycles. The standard InChI is InChI=1S/C11H7ClF3N3O2/c1-20-10(19)9(17-18-16)4-6-2-3-7(5-8(6)12)11(13,14)15/h2-5H,1H3. The number of benzene rings is 1. The minimum absolute atomic E-state index is 0.0902. The summed E-state index contributed by atoms with van der Waals surface area (Å²) < 4.78 is 41.7. The number of halogens is 4. The fraction of sp³-hybridized carbons (Fsp3) is 0.182. The Morgan fingerprint density at radius 1 is 1.50 bits per heavy atom. The highest BCUT2D eigenvalue weighted by Gasteiger charge is 2.30. The number of esters is 1. The first-order chi connectivity index (χ1) is 9.29. The van der Waals surface area contributed by atoms with Gasteiger partial charge >= 0.3 is 12.1 Å². The van der Waals surface area contributed by atoms with Gasteiger partial charge in [-0.15, -0.1) is 0 Å². The molecule has 0 aromatic heterocycles. The average Bonchev–Trinajstić information content (AvgIpc) is 2.38.